The van der Waals surface area contributed by atoms with Crippen LogP contribution in [0, 0.1) is 17.3 Å². The lowest BCUT2D eigenvalue weighted by Crippen LogP contribution is -2.47. The Morgan fingerprint density at radius 2 is 1.66 bits per heavy atom. The summed E-state index contributed by atoms with van der Waals surface area (Å²) in [4.78, 5) is 44.2. The summed E-state index contributed by atoms with van der Waals surface area (Å²) in [7, 11) is 0. The van der Waals surface area contributed by atoms with Gasteiger partial charge in [0.25, 0.3) is 0 Å². The standard InChI is InChI=1S/C25H22Cl2N2O3/c1-25(2,3)22(30)21-19-18(20-15-7-5-4-6-13(15)10-11-28(20)21)23(31)29(24(19)32)17-12-14(26)8-9-16(17)27/h4-12,18-21H,1-3H3/t18-,19+,20?,21-/m0/s1. The molecule has 3 aliphatic rings. The van der Waals surface area contributed by atoms with Gasteiger partial charge in [0.1, 0.15) is 6.04 Å². The number of halogens is 2. The fourth-order valence-electron chi connectivity index (χ4n) is 5.20. The highest BCUT2D eigenvalue weighted by Crippen LogP contribution is 2.54. The number of Topliss-reactive ketones (excluding diaryl/α,β-unsaturated/α-hetero) is 1. The Balaban J connectivity index is 1.69. The summed E-state index contributed by atoms with van der Waals surface area (Å²) in [5, 5.41) is 0.632. The van der Waals surface area contributed by atoms with Crippen LogP contribution in [0.25, 0.3) is 6.08 Å². The largest absolute Gasteiger partial charge is 0.359 e. The number of benzene rings is 2. The van der Waals surface area contributed by atoms with Gasteiger partial charge in [-0.05, 0) is 35.4 Å². The zero-order valence-electron chi connectivity index (χ0n) is 17.9. The molecule has 0 N–H and O–H groups in total. The second kappa shape index (κ2) is 7.19. The van der Waals surface area contributed by atoms with Gasteiger partial charge in [0.15, 0.2) is 5.78 Å². The third-order valence-corrected chi connectivity index (χ3v) is 7.17. The molecule has 0 radical (unpaired) electrons. The van der Waals surface area contributed by atoms with Crippen molar-refractivity contribution >= 4 is 52.6 Å². The Hall–Kier alpha value is -2.63. The van der Waals surface area contributed by atoms with Gasteiger partial charge in [-0.1, -0.05) is 68.2 Å². The van der Waals surface area contributed by atoms with E-state index in [1.807, 2.05) is 62.2 Å². The summed E-state index contributed by atoms with van der Waals surface area (Å²) in [6.45, 7) is 5.52. The highest BCUT2D eigenvalue weighted by atomic mass is 35.5. The number of nitrogens with zero attached hydrogens (tertiary/aromatic N) is 2. The van der Waals surface area contributed by atoms with Crippen LogP contribution < -0.4 is 4.90 Å². The molecular formula is C25H22Cl2N2O3. The van der Waals surface area contributed by atoms with E-state index in [0.29, 0.717) is 5.02 Å². The topological polar surface area (TPSA) is 57.7 Å². The maximum absolute atomic E-state index is 13.8. The highest BCUT2D eigenvalue weighted by molar-refractivity contribution is 6.38. The second-order valence-electron chi connectivity index (χ2n) is 9.55. The van der Waals surface area contributed by atoms with Crippen molar-refractivity contribution < 1.29 is 14.4 Å². The van der Waals surface area contributed by atoms with Gasteiger partial charge >= 0.3 is 0 Å². The number of carbonyl (C=O) groups excluding carboxylic acids is 3. The second-order valence-corrected chi connectivity index (χ2v) is 10.4. The molecule has 4 atom stereocenters. The molecule has 2 amide bonds. The fourth-order valence-corrected chi connectivity index (χ4v) is 5.56. The Bertz CT molecular complexity index is 1200. The molecule has 3 heterocycles. The normalized spacial score (nSPS) is 26.3. The molecule has 2 saturated heterocycles. The van der Waals surface area contributed by atoms with Crippen LogP contribution in [0.3, 0.4) is 0 Å². The van der Waals surface area contributed by atoms with E-state index in [9.17, 15) is 14.4 Å². The average Bonchev–Trinajstić information content (AvgIpc) is 3.21. The van der Waals surface area contributed by atoms with Crippen molar-refractivity contribution in [2.45, 2.75) is 32.9 Å². The molecule has 0 bridgehead atoms. The maximum Gasteiger partial charge on any atom is 0.240 e. The molecule has 164 valence electrons. The van der Waals surface area contributed by atoms with Gasteiger partial charge in [-0.3, -0.25) is 14.4 Å². The Kier molecular flexibility index (Phi) is 4.77. The number of carbonyl (C=O) groups is 3. The van der Waals surface area contributed by atoms with E-state index in [1.165, 1.54) is 6.07 Å². The van der Waals surface area contributed by atoms with Crippen molar-refractivity contribution in [1.29, 1.82) is 0 Å². The minimum atomic E-state index is -0.801. The summed E-state index contributed by atoms with van der Waals surface area (Å²) in [5.41, 5.74) is 1.50. The van der Waals surface area contributed by atoms with Gasteiger partial charge in [0, 0.05) is 16.6 Å². The van der Waals surface area contributed by atoms with Gasteiger partial charge in [-0.2, -0.15) is 0 Å². The van der Waals surface area contributed by atoms with E-state index in [0.717, 1.165) is 16.0 Å². The Labute approximate surface area is 196 Å². The number of rotatable bonds is 2. The molecule has 0 aliphatic carbocycles. The summed E-state index contributed by atoms with van der Waals surface area (Å²) in [6, 6.07) is 11.3. The van der Waals surface area contributed by atoms with E-state index in [-0.39, 0.29) is 22.4 Å². The third kappa shape index (κ3) is 2.95. The predicted octanol–water partition coefficient (Wildman–Crippen LogP) is 5.12. The van der Waals surface area contributed by atoms with Crippen LogP contribution in [0.5, 0.6) is 0 Å². The van der Waals surface area contributed by atoms with E-state index in [2.05, 4.69) is 0 Å². The van der Waals surface area contributed by atoms with Crippen LogP contribution in [0.4, 0.5) is 5.69 Å². The summed E-state index contributed by atoms with van der Waals surface area (Å²) >= 11 is 12.5. The SMILES string of the molecule is CC(C)(C)C(=O)[C@@H]1[C@@H]2C(=O)N(c3cc(Cl)ccc3Cl)C(=O)[C@@H]2C2c3ccccc3C=CN21. The number of ketones is 1. The number of hydrogen-bond acceptors (Lipinski definition) is 4. The number of imide groups is 1. The van der Waals surface area contributed by atoms with Crippen molar-refractivity contribution in [3.05, 3.63) is 69.8 Å². The Morgan fingerprint density at radius 3 is 2.38 bits per heavy atom. The summed E-state index contributed by atoms with van der Waals surface area (Å²) in [5.74, 6) is -2.33. The van der Waals surface area contributed by atoms with Crippen molar-refractivity contribution in [2.24, 2.45) is 17.3 Å². The molecule has 0 saturated carbocycles. The van der Waals surface area contributed by atoms with Gasteiger partial charge < -0.3 is 4.90 Å². The molecule has 32 heavy (non-hydrogen) atoms. The van der Waals surface area contributed by atoms with Crippen LogP contribution >= 0.6 is 23.2 Å². The van der Waals surface area contributed by atoms with E-state index >= 15 is 0 Å². The predicted molar refractivity (Wildman–Crippen MR) is 124 cm³/mol. The first-order valence-electron chi connectivity index (χ1n) is 10.5. The highest BCUT2D eigenvalue weighted by Gasteiger charge is 2.65. The van der Waals surface area contributed by atoms with Gasteiger partial charge in [-0.25, -0.2) is 4.90 Å². The van der Waals surface area contributed by atoms with Gasteiger partial charge in [-0.15, -0.1) is 0 Å². The molecule has 5 rings (SSSR count). The molecule has 0 aromatic heterocycles. The number of hydrogen-bond donors (Lipinski definition) is 0. The zero-order valence-corrected chi connectivity index (χ0v) is 19.4. The lowest BCUT2D eigenvalue weighted by atomic mass is 9.79. The van der Waals surface area contributed by atoms with Crippen LogP contribution in [0.1, 0.15) is 37.9 Å². The molecule has 7 heteroatoms. The summed E-state index contributed by atoms with van der Waals surface area (Å²) < 4.78 is 0. The van der Waals surface area contributed by atoms with Gasteiger partial charge in [0.2, 0.25) is 11.8 Å². The third-order valence-electron chi connectivity index (χ3n) is 6.62. The average molecular weight is 469 g/mol. The van der Waals surface area contributed by atoms with Crippen LogP contribution in [-0.2, 0) is 14.4 Å². The zero-order chi connectivity index (χ0) is 22.9. The first-order chi connectivity index (χ1) is 15.1. The van der Waals surface area contributed by atoms with E-state index in [1.54, 1.807) is 12.1 Å². The van der Waals surface area contributed by atoms with E-state index < -0.39 is 35.2 Å². The molecule has 2 aromatic rings. The smallest absolute Gasteiger partial charge is 0.240 e. The molecular weight excluding hydrogens is 447 g/mol. The minimum absolute atomic E-state index is 0.0702. The number of anilines is 1. The molecule has 3 aliphatic heterocycles. The van der Waals surface area contributed by atoms with Gasteiger partial charge in [0.05, 0.1) is 28.6 Å². The quantitative estimate of drug-likeness (QED) is 0.573. The molecule has 1 unspecified atom stereocenters. The lowest BCUT2D eigenvalue weighted by molar-refractivity contribution is -0.135. The van der Waals surface area contributed by atoms with E-state index in [4.69, 9.17) is 23.2 Å². The van der Waals surface area contributed by atoms with Crippen molar-refractivity contribution in [1.82, 2.24) is 4.90 Å². The number of amides is 2. The molecule has 5 nitrogen and oxygen atoms in total. The molecule has 2 aromatic carbocycles. The number of fused-ring (bicyclic) bond motifs is 5. The van der Waals surface area contributed by atoms with Crippen molar-refractivity contribution in [2.75, 3.05) is 4.90 Å². The fraction of sp³-hybridized carbons (Fsp3) is 0.320. The minimum Gasteiger partial charge on any atom is -0.359 e. The Morgan fingerprint density at radius 1 is 0.969 bits per heavy atom. The first-order valence-corrected chi connectivity index (χ1v) is 11.3. The van der Waals surface area contributed by atoms with Crippen molar-refractivity contribution in [3.63, 3.8) is 0 Å². The monoisotopic (exact) mass is 468 g/mol. The van der Waals surface area contributed by atoms with Crippen molar-refractivity contribution in [3.8, 4) is 0 Å². The molecule has 2 fully saturated rings. The summed E-state index contributed by atoms with van der Waals surface area (Å²) in [6.07, 6.45) is 3.80. The van der Waals surface area contributed by atoms with Crippen LogP contribution in [-0.4, -0.2) is 28.5 Å². The maximum atomic E-state index is 13.8. The van der Waals surface area contributed by atoms with Crippen LogP contribution in [0.15, 0.2) is 48.7 Å². The first kappa shape index (κ1) is 21.2. The molecule has 0 spiro atoms. The lowest BCUT2D eigenvalue weighted by Gasteiger charge is -2.37. The van der Waals surface area contributed by atoms with Crippen LogP contribution in [0.2, 0.25) is 10.0 Å².